The van der Waals surface area contributed by atoms with Gasteiger partial charge in [0.2, 0.25) is 0 Å². The van der Waals surface area contributed by atoms with Gasteiger partial charge in [-0.2, -0.15) is 0 Å². The van der Waals surface area contributed by atoms with Crippen LogP contribution in [0.3, 0.4) is 0 Å². The van der Waals surface area contributed by atoms with E-state index in [0.29, 0.717) is 18.0 Å². The van der Waals surface area contributed by atoms with Crippen molar-refractivity contribution in [2.24, 2.45) is 11.8 Å². The van der Waals surface area contributed by atoms with E-state index in [0.717, 1.165) is 25.4 Å². The molecule has 0 amide bonds. The molecule has 1 aliphatic heterocycles. The zero-order chi connectivity index (χ0) is 15.4. The highest BCUT2D eigenvalue weighted by Crippen LogP contribution is 2.25. The van der Waals surface area contributed by atoms with Crippen LogP contribution in [0.5, 0.6) is 0 Å². The second kappa shape index (κ2) is 7.75. The molecule has 1 aromatic heterocycles. The molecule has 3 unspecified atom stereocenters. The van der Waals surface area contributed by atoms with Crippen molar-refractivity contribution in [1.82, 2.24) is 10.2 Å². The molecule has 0 aromatic carbocycles. The minimum absolute atomic E-state index is 0.649. The maximum atomic E-state index is 3.80. The Hall–Kier alpha value is -0.380. The fourth-order valence-corrected chi connectivity index (χ4v) is 4.24. The lowest BCUT2D eigenvalue weighted by atomic mass is 9.92. The molecule has 1 saturated heterocycles. The van der Waals surface area contributed by atoms with E-state index in [9.17, 15) is 0 Å². The third-order valence-electron chi connectivity index (χ3n) is 5.01. The average Bonchev–Trinajstić information content (AvgIpc) is 2.93. The van der Waals surface area contributed by atoms with E-state index in [-0.39, 0.29) is 0 Å². The van der Waals surface area contributed by atoms with Crippen molar-refractivity contribution >= 4 is 11.3 Å². The fourth-order valence-electron chi connectivity index (χ4n) is 3.26. The van der Waals surface area contributed by atoms with Crippen molar-refractivity contribution in [3.8, 4) is 0 Å². The molecule has 0 radical (unpaired) electrons. The second-order valence-electron chi connectivity index (χ2n) is 6.86. The normalized spacial score (nSPS) is 25.4. The summed E-state index contributed by atoms with van der Waals surface area (Å²) in [6.07, 6.45) is 2.42. The van der Waals surface area contributed by atoms with Crippen molar-refractivity contribution in [3.63, 3.8) is 0 Å². The third-order valence-corrected chi connectivity index (χ3v) is 6.23. The SMILES string of the molecule is CCc1ccc(CN2CC(C(C)CC)NCC2C(C)C)s1. The molecule has 2 heterocycles. The summed E-state index contributed by atoms with van der Waals surface area (Å²) in [7, 11) is 0. The zero-order valence-corrected chi connectivity index (χ0v) is 15.2. The molecule has 0 aliphatic carbocycles. The number of thiophene rings is 1. The predicted octanol–water partition coefficient (Wildman–Crippen LogP) is 4.16. The van der Waals surface area contributed by atoms with Crippen LogP contribution in [-0.2, 0) is 13.0 Å². The van der Waals surface area contributed by atoms with Crippen molar-refractivity contribution in [2.75, 3.05) is 13.1 Å². The van der Waals surface area contributed by atoms with Crippen molar-refractivity contribution in [3.05, 3.63) is 21.9 Å². The number of piperazine rings is 1. The van der Waals surface area contributed by atoms with Crippen molar-refractivity contribution < 1.29 is 0 Å². The Morgan fingerprint density at radius 1 is 1.24 bits per heavy atom. The standard InChI is InChI=1S/C18H32N2S/c1-6-14(5)17-12-20(18(10-19-17)13(3)4)11-16-9-8-15(7-2)21-16/h8-9,13-14,17-19H,6-7,10-12H2,1-5H3. The van der Waals surface area contributed by atoms with Crippen LogP contribution in [0.2, 0.25) is 0 Å². The summed E-state index contributed by atoms with van der Waals surface area (Å²) in [4.78, 5) is 5.77. The van der Waals surface area contributed by atoms with E-state index in [1.54, 1.807) is 0 Å². The summed E-state index contributed by atoms with van der Waals surface area (Å²) >= 11 is 1.99. The van der Waals surface area contributed by atoms with E-state index in [1.807, 2.05) is 11.3 Å². The molecule has 0 saturated carbocycles. The summed E-state index contributed by atoms with van der Waals surface area (Å²) in [5.41, 5.74) is 0. The molecule has 2 nitrogen and oxygen atoms in total. The monoisotopic (exact) mass is 308 g/mol. The molecule has 1 aliphatic rings. The topological polar surface area (TPSA) is 15.3 Å². The smallest absolute Gasteiger partial charge is 0.0332 e. The van der Waals surface area contributed by atoms with Crippen LogP contribution in [0, 0.1) is 11.8 Å². The van der Waals surface area contributed by atoms with E-state index in [4.69, 9.17) is 0 Å². The first-order valence-corrected chi connectivity index (χ1v) is 9.41. The third kappa shape index (κ3) is 4.30. The van der Waals surface area contributed by atoms with Gasteiger partial charge in [0, 0.05) is 41.5 Å². The minimum atomic E-state index is 0.649. The lowest BCUT2D eigenvalue weighted by Gasteiger charge is -2.44. The maximum Gasteiger partial charge on any atom is 0.0332 e. The Morgan fingerprint density at radius 2 is 1.95 bits per heavy atom. The molecular weight excluding hydrogens is 276 g/mol. The summed E-state index contributed by atoms with van der Waals surface area (Å²) in [5.74, 6) is 1.47. The molecule has 1 fully saturated rings. The molecule has 21 heavy (non-hydrogen) atoms. The Bertz CT molecular complexity index is 427. The number of hydrogen-bond donors (Lipinski definition) is 1. The average molecular weight is 309 g/mol. The van der Waals surface area contributed by atoms with Gasteiger partial charge in [-0.05, 0) is 30.4 Å². The van der Waals surface area contributed by atoms with Crippen molar-refractivity contribution in [1.29, 1.82) is 0 Å². The van der Waals surface area contributed by atoms with E-state index in [1.165, 1.54) is 22.7 Å². The number of aryl methyl sites for hydroxylation is 1. The van der Waals surface area contributed by atoms with Gasteiger partial charge in [-0.25, -0.2) is 0 Å². The molecule has 3 heteroatoms. The quantitative estimate of drug-likeness (QED) is 0.849. The lowest BCUT2D eigenvalue weighted by molar-refractivity contribution is 0.0762. The first-order chi connectivity index (χ1) is 10.0. The Labute approximate surface area is 134 Å². The first kappa shape index (κ1) is 17.0. The van der Waals surface area contributed by atoms with Gasteiger partial charge in [0.1, 0.15) is 0 Å². The Balaban J connectivity index is 2.06. The zero-order valence-electron chi connectivity index (χ0n) is 14.4. The number of nitrogens with zero attached hydrogens (tertiary/aromatic N) is 1. The highest BCUT2D eigenvalue weighted by Gasteiger charge is 2.31. The van der Waals surface area contributed by atoms with Gasteiger partial charge in [-0.3, -0.25) is 4.90 Å². The summed E-state index contributed by atoms with van der Waals surface area (Å²) < 4.78 is 0. The first-order valence-electron chi connectivity index (χ1n) is 8.60. The van der Waals surface area contributed by atoms with Gasteiger partial charge in [0.05, 0.1) is 0 Å². The van der Waals surface area contributed by atoms with E-state index < -0.39 is 0 Å². The van der Waals surface area contributed by atoms with Crippen molar-refractivity contribution in [2.45, 2.75) is 66.1 Å². The predicted molar refractivity (Wildman–Crippen MR) is 94.0 cm³/mol. The summed E-state index contributed by atoms with van der Waals surface area (Å²) in [6, 6.07) is 5.95. The van der Waals surface area contributed by atoms with Crippen LogP contribution in [0.25, 0.3) is 0 Å². The largest absolute Gasteiger partial charge is 0.311 e. The van der Waals surface area contributed by atoms with Gasteiger partial charge in [0.25, 0.3) is 0 Å². The van der Waals surface area contributed by atoms with Crippen LogP contribution in [0.15, 0.2) is 12.1 Å². The number of hydrogen-bond acceptors (Lipinski definition) is 3. The van der Waals surface area contributed by atoms with Crippen LogP contribution in [0.4, 0.5) is 0 Å². The fraction of sp³-hybridized carbons (Fsp3) is 0.778. The molecular formula is C18H32N2S. The molecule has 1 aromatic rings. The van der Waals surface area contributed by atoms with Crippen LogP contribution < -0.4 is 5.32 Å². The maximum absolute atomic E-state index is 3.80. The molecule has 1 N–H and O–H groups in total. The van der Waals surface area contributed by atoms with Gasteiger partial charge < -0.3 is 5.32 Å². The second-order valence-corrected chi connectivity index (χ2v) is 8.12. The number of nitrogens with one attached hydrogen (secondary N) is 1. The Morgan fingerprint density at radius 3 is 2.52 bits per heavy atom. The van der Waals surface area contributed by atoms with Gasteiger partial charge in [-0.15, -0.1) is 11.3 Å². The van der Waals surface area contributed by atoms with Crippen LogP contribution in [0.1, 0.15) is 50.8 Å². The molecule has 120 valence electrons. The summed E-state index contributed by atoms with van der Waals surface area (Å²) in [5, 5.41) is 3.80. The molecule has 0 bridgehead atoms. The van der Waals surface area contributed by atoms with Crippen LogP contribution in [-0.4, -0.2) is 30.1 Å². The highest BCUT2D eigenvalue weighted by atomic mass is 32.1. The number of rotatable bonds is 6. The van der Waals surface area contributed by atoms with Gasteiger partial charge in [-0.1, -0.05) is 41.0 Å². The molecule has 0 spiro atoms. The van der Waals surface area contributed by atoms with E-state index >= 15 is 0 Å². The van der Waals surface area contributed by atoms with Gasteiger partial charge >= 0.3 is 0 Å². The Kier molecular flexibility index (Phi) is 6.27. The van der Waals surface area contributed by atoms with Gasteiger partial charge in [0.15, 0.2) is 0 Å². The molecule has 3 atom stereocenters. The molecule has 2 rings (SSSR count). The highest BCUT2D eigenvalue weighted by molar-refractivity contribution is 7.11. The summed E-state index contributed by atoms with van der Waals surface area (Å²) in [6.45, 7) is 15.1. The van der Waals surface area contributed by atoms with E-state index in [2.05, 4.69) is 57.0 Å². The minimum Gasteiger partial charge on any atom is -0.311 e. The van der Waals surface area contributed by atoms with Crippen LogP contribution >= 0.6 is 11.3 Å². The lowest BCUT2D eigenvalue weighted by Crippen LogP contribution is -2.59.